The van der Waals surface area contributed by atoms with E-state index in [2.05, 4.69) is 5.32 Å². The first-order valence-corrected chi connectivity index (χ1v) is 5.45. The van der Waals surface area contributed by atoms with Gasteiger partial charge in [-0.3, -0.25) is 9.35 Å². The van der Waals surface area contributed by atoms with Crippen molar-refractivity contribution in [1.82, 2.24) is 5.32 Å². The Morgan fingerprint density at radius 3 is 2.15 bits per heavy atom. The number of hydrogen-bond donors (Lipinski definition) is 2. The number of rotatable bonds is 5. The molecule has 1 atom stereocenters. The van der Waals surface area contributed by atoms with E-state index in [4.69, 9.17) is 4.55 Å². The van der Waals surface area contributed by atoms with E-state index in [-0.39, 0.29) is 12.6 Å². The van der Waals surface area contributed by atoms with Gasteiger partial charge >= 0.3 is 0 Å². The third-order valence-corrected chi connectivity index (χ3v) is 2.74. The molecule has 0 bridgehead atoms. The topological polar surface area (TPSA) is 83.5 Å². The minimum Gasteiger partial charge on any atom is -0.313 e. The molecule has 0 saturated heterocycles. The summed E-state index contributed by atoms with van der Waals surface area (Å²) >= 11 is 0. The lowest BCUT2D eigenvalue weighted by Crippen LogP contribution is -2.40. The fourth-order valence-corrected chi connectivity index (χ4v) is 1.53. The summed E-state index contributed by atoms with van der Waals surface area (Å²) in [7, 11) is -4.27. The molecular formula is C7H15NO4S. The fourth-order valence-electron chi connectivity index (χ4n) is 0.802. The summed E-state index contributed by atoms with van der Waals surface area (Å²) in [6.45, 7) is 4.73. The first-order chi connectivity index (χ1) is 5.75. The van der Waals surface area contributed by atoms with Crippen LogP contribution >= 0.6 is 0 Å². The van der Waals surface area contributed by atoms with Crippen molar-refractivity contribution >= 4 is 15.9 Å². The zero-order chi connectivity index (χ0) is 10.6. The molecule has 0 spiro atoms. The van der Waals surface area contributed by atoms with E-state index >= 15 is 0 Å². The Balaban J connectivity index is 4.39. The first kappa shape index (κ1) is 12.5. The molecule has 0 aliphatic rings. The van der Waals surface area contributed by atoms with Crippen LogP contribution in [0.25, 0.3) is 0 Å². The zero-order valence-electron chi connectivity index (χ0n) is 7.94. The first-order valence-electron chi connectivity index (χ1n) is 3.95. The van der Waals surface area contributed by atoms with Crippen molar-refractivity contribution in [2.24, 2.45) is 0 Å². The Bertz CT molecular complexity index is 270. The number of ketones is 1. The van der Waals surface area contributed by atoms with Crippen LogP contribution in [-0.2, 0) is 14.9 Å². The van der Waals surface area contributed by atoms with Gasteiger partial charge in [0.25, 0.3) is 10.1 Å². The van der Waals surface area contributed by atoms with Crippen molar-refractivity contribution < 1.29 is 17.8 Å². The van der Waals surface area contributed by atoms with Crippen LogP contribution in [0, 0.1) is 0 Å². The molecule has 0 radical (unpaired) electrons. The molecule has 0 saturated carbocycles. The quantitative estimate of drug-likeness (QED) is 0.614. The van der Waals surface area contributed by atoms with Crippen LogP contribution < -0.4 is 5.32 Å². The summed E-state index contributed by atoms with van der Waals surface area (Å²) in [6.07, 6.45) is 0. The zero-order valence-corrected chi connectivity index (χ0v) is 8.76. The van der Waals surface area contributed by atoms with E-state index in [1.165, 1.54) is 0 Å². The molecule has 6 heteroatoms. The van der Waals surface area contributed by atoms with Crippen LogP contribution in [0.5, 0.6) is 0 Å². The predicted molar refractivity (Wildman–Crippen MR) is 49.2 cm³/mol. The molecular weight excluding hydrogens is 194 g/mol. The van der Waals surface area contributed by atoms with Gasteiger partial charge in [0.1, 0.15) is 0 Å². The van der Waals surface area contributed by atoms with E-state index in [1.54, 1.807) is 0 Å². The summed E-state index contributed by atoms with van der Waals surface area (Å²) in [4.78, 5) is 10.8. The summed E-state index contributed by atoms with van der Waals surface area (Å²) in [6, 6.07) is 0.0728. The van der Waals surface area contributed by atoms with Crippen LogP contribution in [-0.4, -0.2) is 36.6 Å². The van der Waals surface area contributed by atoms with Crippen LogP contribution in [0.1, 0.15) is 20.8 Å². The number of carbonyl (C=O) groups excluding carboxylic acids is 1. The van der Waals surface area contributed by atoms with Gasteiger partial charge in [-0.2, -0.15) is 8.42 Å². The largest absolute Gasteiger partial charge is 0.313 e. The summed E-state index contributed by atoms with van der Waals surface area (Å²) < 4.78 is 30.0. The highest BCUT2D eigenvalue weighted by Gasteiger charge is 2.27. The van der Waals surface area contributed by atoms with Crippen molar-refractivity contribution in [2.45, 2.75) is 32.1 Å². The molecule has 0 amide bonds. The van der Waals surface area contributed by atoms with E-state index in [0.717, 1.165) is 6.92 Å². The third kappa shape index (κ3) is 4.97. The monoisotopic (exact) mass is 209 g/mol. The van der Waals surface area contributed by atoms with Gasteiger partial charge in [0.15, 0.2) is 11.0 Å². The van der Waals surface area contributed by atoms with Gasteiger partial charge in [0.05, 0.1) is 0 Å². The minimum atomic E-state index is -4.27. The maximum Gasteiger partial charge on any atom is 0.276 e. The Labute approximate surface area is 78.3 Å². The number of hydrogen-bond acceptors (Lipinski definition) is 4. The van der Waals surface area contributed by atoms with E-state index in [0.29, 0.717) is 0 Å². The van der Waals surface area contributed by atoms with Gasteiger partial charge in [-0.15, -0.1) is 0 Å². The average molecular weight is 209 g/mol. The van der Waals surface area contributed by atoms with Crippen molar-refractivity contribution in [2.75, 3.05) is 6.54 Å². The highest BCUT2D eigenvalue weighted by atomic mass is 32.2. The second kappa shape index (κ2) is 4.69. The van der Waals surface area contributed by atoms with E-state index in [9.17, 15) is 13.2 Å². The summed E-state index contributed by atoms with van der Waals surface area (Å²) in [5.41, 5.74) is 0. The maximum atomic E-state index is 10.8. The Hall–Kier alpha value is -0.460. The normalized spacial score (nSPS) is 14.5. The Kier molecular flexibility index (Phi) is 4.52. The molecule has 0 rings (SSSR count). The predicted octanol–water partition coefficient (Wildman–Crippen LogP) is -0.170. The lowest BCUT2D eigenvalue weighted by Gasteiger charge is -2.13. The number of Topliss-reactive ketones (excluding diaryl/α,β-unsaturated/α-hetero) is 1. The summed E-state index contributed by atoms with van der Waals surface area (Å²) in [5.74, 6) is -0.560. The smallest absolute Gasteiger partial charge is 0.276 e. The van der Waals surface area contributed by atoms with Gasteiger partial charge in [0, 0.05) is 12.6 Å². The molecule has 13 heavy (non-hydrogen) atoms. The summed E-state index contributed by atoms with van der Waals surface area (Å²) in [5, 5.41) is 1.42. The lowest BCUT2D eigenvalue weighted by atomic mass is 10.3. The molecule has 0 aromatic carbocycles. The molecule has 78 valence electrons. The molecule has 0 heterocycles. The molecule has 0 aromatic rings. The van der Waals surface area contributed by atoms with Crippen molar-refractivity contribution in [3.63, 3.8) is 0 Å². The highest BCUT2D eigenvalue weighted by molar-refractivity contribution is 7.87. The number of nitrogens with one attached hydrogen (secondary N) is 1. The lowest BCUT2D eigenvalue weighted by molar-refractivity contribution is -0.116. The van der Waals surface area contributed by atoms with Crippen LogP contribution in [0.3, 0.4) is 0 Å². The van der Waals surface area contributed by atoms with Crippen LogP contribution in [0.15, 0.2) is 0 Å². The van der Waals surface area contributed by atoms with Crippen molar-refractivity contribution in [3.8, 4) is 0 Å². The second-order valence-corrected chi connectivity index (χ2v) is 4.78. The Morgan fingerprint density at radius 1 is 1.46 bits per heavy atom. The van der Waals surface area contributed by atoms with E-state index in [1.807, 2.05) is 13.8 Å². The SMILES string of the molecule is CC(=O)C(CNC(C)C)S(=O)(=O)O. The number of carbonyl (C=O) groups is 1. The van der Waals surface area contributed by atoms with Crippen molar-refractivity contribution in [3.05, 3.63) is 0 Å². The van der Waals surface area contributed by atoms with Crippen molar-refractivity contribution in [1.29, 1.82) is 0 Å². The van der Waals surface area contributed by atoms with Gasteiger partial charge in [0.2, 0.25) is 0 Å². The molecule has 0 aliphatic carbocycles. The van der Waals surface area contributed by atoms with Gasteiger partial charge in [-0.05, 0) is 6.92 Å². The molecule has 2 N–H and O–H groups in total. The molecule has 0 aliphatic heterocycles. The van der Waals surface area contributed by atoms with Gasteiger partial charge < -0.3 is 5.32 Å². The van der Waals surface area contributed by atoms with Gasteiger partial charge in [-0.1, -0.05) is 13.8 Å². The maximum absolute atomic E-state index is 10.8. The Morgan fingerprint density at radius 2 is 1.92 bits per heavy atom. The fraction of sp³-hybridized carbons (Fsp3) is 0.857. The standard InChI is InChI=1S/C7H15NO4S/c1-5(2)8-4-7(6(3)9)13(10,11)12/h5,7-8H,4H2,1-3H3,(H,10,11,12). The van der Waals surface area contributed by atoms with Crippen LogP contribution in [0.2, 0.25) is 0 Å². The second-order valence-electron chi connectivity index (χ2n) is 3.18. The van der Waals surface area contributed by atoms with E-state index < -0.39 is 21.2 Å². The molecule has 5 nitrogen and oxygen atoms in total. The third-order valence-electron chi connectivity index (χ3n) is 1.52. The minimum absolute atomic E-state index is 0.0498. The average Bonchev–Trinajstić information content (AvgIpc) is 1.81. The molecule has 1 unspecified atom stereocenters. The molecule has 0 fully saturated rings. The highest BCUT2D eigenvalue weighted by Crippen LogP contribution is 1.99. The van der Waals surface area contributed by atoms with Gasteiger partial charge in [-0.25, -0.2) is 0 Å². The van der Waals surface area contributed by atoms with Crippen LogP contribution in [0.4, 0.5) is 0 Å². The molecule has 0 aromatic heterocycles.